The molecule has 1 aliphatic heterocycles. The zero-order valence-corrected chi connectivity index (χ0v) is 8.87. The van der Waals surface area contributed by atoms with Gasteiger partial charge in [-0.05, 0) is 24.7 Å². The third-order valence-corrected chi connectivity index (χ3v) is 3.88. The van der Waals surface area contributed by atoms with Gasteiger partial charge in [0.2, 0.25) is 0 Å². The molecule has 0 radical (unpaired) electrons. The van der Waals surface area contributed by atoms with Gasteiger partial charge in [0.05, 0.1) is 0 Å². The number of hydrogen-bond donors (Lipinski definition) is 1. The maximum atomic E-state index is 6.07. The van der Waals surface area contributed by atoms with Crippen LogP contribution in [0.5, 0.6) is 0 Å². The zero-order chi connectivity index (χ0) is 9.42. The standard InChI is InChI=1S/C11H22N2/c1-8(2)9-6-13(7-9)11-5-3-4-10(11)12/h8-11H,3-7,12H2,1-2H3. The summed E-state index contributed by atoms with van der Waals surface area (Å²) in [6, 6.07) is 1.18. The van der Waals surface area contributed by atoms with E-state index >= 15 is 0 Å². The number of rotatable bonds is 2. The molecule has 2 nitrogen and oxygen atoms in total. The summed E-state index contributed by atoms with van der Waals surface area (Å²) in [7, 11) is 0. The van der Waals surface area contributed by atoms with Crippen LogP contribution in [-0.2, 0) is 0 Å². The lowest BCUT2D eigenvalue weighted by Crippen LogP contribution is -2.57. The summed E-state index contributed by atoms with van der Waals surface area (Å²) in [5, 5.41) is 0. The molecule has 1 saturated carbocycles. The van der Waals surface area contributed by atoms with E-state index in [1.54, 1.807) is 0 Å². The Kier molecular flexibility index (Phi) is 2.61. The lowest BCUT2D eigenvalue weighted by Gasteiger charge is -2.46. The molecular weight excluding hydrogens is 160 g/mol. The fourth-order valence-corrected chi connectivity index (χ4v) is 2.66. The van der Waals surface area contributed by atoms with Gasteiger partial charge < -0.3 is 5.73 Å². The Bertz CT molecular complexity index is 173. The van der Waals surface area contributed by atoms with Crippen molar-refractivity contribution in [2.24, 2.45) is 17.6 Å². The van der Waals surface area contributed by atoms with Crippen LogP contribution in [0.3, 0.4) is 0 Å². The molecule has 2 unspecified atom stereocenters. The van der Waals surface area contributed by atoms with Crippen molar-refractivity contribution in [3.8, 4) is 0 Å². The van der Waals surface area contributed by atoms with E-state index < -0.39 is 0 Å². The first kappa shape index (κ1) is 9.47. The molecule has 0 amide bonds. The van der Waals surface area contributed by atoms with E-state index in [0.717, 1.165) is 17.9 Å². The molecule has 2 N–H and O–H groups in total. The zero-order valence-electron chi connectivity index (χ0n) is 8.87. The molecular formula is C11H22N2. The Balaban J connectivity index is 1.79. The number of nitrogens with zero attached hydrogens (tertiary/aromatic N) is 1. The maximum absolute atomic E-state index is 6.07. The topological polar surface area (TPSA) is 29.3 Å². The Hall–Kier alpha value is -0.0800. The van der Waals surface area contributed by atoms with Crippen molar-refractivity contribution in [3.05, 3.63) is 0 Å². The number of nitrogens with two attached hydrogens (primary N) is 1. The molecule has 2 aliphatic rings. The highest BCUT2D eigenvalue weighted by Crippen LogP contribution is 2.31. The first-order valence-corrected chi connectivity index (χ1v) is 5.68. The molecule has 13 heavy (non-hydrogen) atoms. The van der Waals surface area contributed by atoms with E-state index in [1.807, 2.05) is 0 Å². The van der Waals surface area contributed by atoms with Crippen LogP contribution in [-0.4, -0.2) is 30.1 Å². The molecule has 0 bridgehead atoms. The summed E-state index contributed by atoms with van der Waals surface area (Å²) in [6.45, 7) is 7.26. The first-order valence-electron chi connectivity index (χ1n) is 5.68. The van der Waals surface area contributed by atoms with Crippen LogP contribution >= 0.6 is 0 Å². The van der Waals surface area contributed by atoms with Crippen molar-refractivity contribution >= 4 is 0 Å². The highest BCUT2D eigenvalue weighted by atomic mass is 15.2. The second-order valence-electron chi connectivity index (χ2n) is 5.12. The van der Waals surface area contributed by atoms with Crippen LogP contribution in [0.15, 0.2) is 0 Å². The lowest BCUT2D eigenvalue weighted by atomic mass is 9.86. The van der Waals surface area contributed by atoms with Crippen molar-refractivity contribution in [3.63, 3.8) is 0 Å². The highest BCUT2D eigenvalue weighted by molar-refractivity contribution is 4.94. The van der Waals surface area contributed by atoms with Gasteiger partial charge in [0.25, 0.3) is 0 Å². The van der Waals surface area contributed by atoms with Crippen LogP contribution in [0.1, 0.15) is 33.1 Å². The molecule has 0 aromatic rings. The largest absolute Gasteiger partial charge is 0.326 e. The summed E-state index contributed by atoms with van der Waals surface area (Å²) in [5.74, 6) is 1.79. The van der Waals surface area contributed by atoms with Crippen LogP contribution in [0.25, 0.3) is 0 Å². The summed E-state index contributed by atoms with van der Waals surface area (Å²) in [4.78, 5) is 2.60. The van der Waals surface area contributed by atoms with Gasteiger partial charge in [-0.3, -0.25) is 4.90 Å². The molecule has 2 heteroatoms. The minimum absolute atomic E-state index is 0.466. The summed E-state index contributed by atoms with van der Waals surface area (Å²) in [6.07, 6.45) is 3.92. The smallest absolute Gasteiger partial charge is 0.0247 e. The minimum Gasteiger partial charge on any atom is -0.326 e. The van der Waals surface area contributed by atoms with Gasteiger partial charge in [-0.25, -0.2) is 0 Å². The van der Waals surface area contributed by atoms with Gasteiger partial charge in [0.1, 0.15) is 0 Å². The SMILES string of the molecule is CC(C)C1CN(C2CCCC2N)C1. The molecule has 1 heterocycles. The van der Waals surface area contributed by atoms with Crippen molar-refractivity contribution in [1.29, 1.82) is 0 Å². The molecule has 2 fully saturated rings. The molecule has 2 rings (SSSR count). The van der Waals surface area contributed by atoms with Crippen molar-refractivity contribution in [1.82, 2.24) is 4.90 Å². The van der Waals surface area contributed by atoms with E-state index in [-0.39, 0.29) is 0 Å². The highest BCUT2D eigenvalue weighted by Gasteiger charge is 2.38. The summed E-state index contributed by atoms with van der Waals surface area (Å²) < 4.78 is 0. The Labute approximate surface area is 81.5 Å². The van der Waals surface area contributed by atoms with Gasteiger partial charge in [-0.2, -0.15) is 0 Å². The summed E-state index contributed by atoms with van der Waals surface area (Å²) >= 11 is 0. The normalized spacial score (nSPS) is 36.9. The number of likely N-dealkylation sites (tertiary alicyclic amines) is 1. The Morgan fingerprint density at radius 3 is 2.38 bits per heavy atom. The molecule has 0 aromatic carbocycles. The van der Waals surface area contributed by atoms with Gasteiger partial charge in [-0.1, -0.05) is 20.3 Å². The third kappa shape index (κ3) is 1.75. The van der Waals surface area contributed by atoms with Crippen molar-refractivity contribution in [2.75, 3.05) is 13.1 Å². The third-order valence-electron chi connectivity index (χ3n) is 3.88. The van der Waals surface area contributed by atoms with Gasteiger partial charge in [-0.15, -0.1) is 0 Å². The fraction of sp³-hybridized carbons (Fsp3) is 1.00. The monoisotopic (exact) mass is 182 g/mol. The Morgan fingerprint density at radius 1 is 1.23 bits per heavy atom. The predicted octanol–water partition coefficient (Wildman–Crippen LogP) is 1.45. The molecule has 76 valence electrons. The minimum atomic E-state index is 0.466. The van der Waals surface area contributed by atoms with Crippen molar-refractivity contribution < 1.29 is 0 Å². The second kappa shape index (κ2) is 3.58. The van der Waals surface area contributed by atoms with Gasteiger partial charge in [0, 0.05) is 25.2 Å². The molecule has 1 aliphatic carbocycles. The van der Waals surface area contributed by atoms with Gasteiger partial charge in [0.15, 0.2) is 0 Å². The van der Waals surface area contributed by atoms with E-state index in [9.17, 15) is 0 Å². The van der Waals surface area contributed by atoms with E-state index in [0.29, 0.717) is 6.04 Å². The summed E-state index contributed by atoms with van der Waals surface area (Å²) in [5.41, 5.74) is 6.07. The number of hydrogen-bond acceptors (Lipinski definition) is 2. The van der Waals surface area contributed by atoms with E-state index in [4.69, 9.17) is 5.73 Å². The lowest BCUT2D eigenvalue weighted by molar-refractivity contribution is 0.0246. The molecule has 2 atom stereocenters. The maximum Gasteiger partial charge on any atom is 0.0247 e. The molecule has 0 aromatic heterocycles. The average Bonchev–Trinajstić information content (AvgIpc) is 2.32. The van der Waals surface area contributed by atoms with Crippen LogP contribution in [0, 0.1) is 11.8 Å². The molecule has 0 spiro atoms. The predicted molar refractivity (Wildman–Crippen MR) is 55.5 cm³/mol. The van der Waals surface area contributed by atoms with Crippen molar-refractivity contribution in [2.45, 2.75) is 45.2 Å². The first-order chi connectivity index (χ1) is 6.18. The second-order valence-corrected chi connectivity index (χ2v) is 5.12. The van der Waals surface area contributed by atoms with Gasteiger partial charge >= 0.3 is 0 Å². The van der Waals surface area contributed by atoms with E-state index in [2.05, 4.69) is 18.7 Å². The van der Waals surface area contributed by atoms with Crippen LogP contribution < -0.4 is 5.73 Å². The van der Waals surface area contributed by atoms with Crippen LogP contribution in [0.2, 0.25) is 0 Å². The average molecular weight is 182 g/mol. The van der Waals surface area contributed by atoms with E-state index in [1.165, 1.54) is 32.4 Å². The fourth-order valence-electron chi connectivity index (χ4n) is 2.66. The Morgan fingerprint density at radius 2 is 1.92 bits per heavy atom. The quantitative estimate of drug-likeness (QED) is 0.700. The van der Waals surface area contributed by atoms with Crippen LogP contribution in [0.4, 0.5) is 0 Å². The molecule has 1 saturated heterocycles.